The summed E-state index contributed by atoms with van der Waals surface area (Å²) in [6.07, 6.45) is 3.60. The van der Waals surface area contributed by atoms with Gasteiger partial charge < -0.3 is 59.0 Å². The molecule has 1 aromatic heterocycles. The predicted octanol–water partition coefficient (Wildman–Crippen LogP) is -5.35. The molecule has 1 aliphatic rings. The Kier molecular flexibility index (Phi) is 13.8. The number of aromatic amines is 1. The Balaban J connectivity index is 2.15. The van der Waals surface area contributed by atoms with E-state index in [0.717, 1.165) is 6.42 Å². The molecule has 5 atom stereocenters. The number of aliphatic imine (C=N–C) groups is 1. The van der Waals surface area contributed by atoms with Crippen LogP contribution in [0.3, 0.4) is 0 Å². The molecular weight excluding hydrogens is 570 g/mol. The molecule has 0 radical (unpaired) electrons. The molecule has 5 amide bonds. The Bertz CT molecular complexity index is 1150. The zero-order valence-electron chi connectivity index (χ0n) is 23.4. The lowest BCUT2D eigenvalue weighted by atomic mass is 10.1. The molecule has 19 nitrogen and oxygen atoms in total. The lowest BCUT2D eigenvalue weighted by Crippen LogP contribution is -2.59. The summed E-state index contributed by atoms with van der Waals surface area (Å²) < 4.78 is 0. The number of hydrogen-bond acceptors (Lipinski definition) is 10. The summed E-state index contributed by atoms with van der Waals surface area (Å²) in [6, 6.07) is -6.25. The number of imidazole rings is 1. The number of rotatable bonds is 18. The monoisotopic (exact) mass is 609 g/mol. The van der Waals surface area contributed by atoms with Crippen molar-refractivity contribution in [3.63, 3.8) is 0 Å². The average molecular weight is 610 g/mol. The first-order valence-corrected chi connectivity index (χ1v) is 13.5. The third kappa shape index (κ3) is 11.9. The number of amides is 5. The molecule has 19 heteroatoms. The minimum atomic E-state index is -1.67. The normalized spacial score (nSPS) is 17.0. The first-order valence-electron chi connectivity index (χ1n) is 13.5. The summed E-state index contributed by atoms with van der Waals surface area (Å²) in [4.78, 5) is 85.2. The van der Waals surface area contributed by atoms with Crippen LogP contribution in [0.15, 0.2) is 17.5 Å². The number of aliphatic hydroxyl groups excluding tert-OH is 1. The Morgan fingerprint density at radius 3 is 2.19 bits per heavy atom. The lowest BCUT2D eigenvalue weighted by Gasteiger charge is -2.25. The number of aromatic nitrogens is 2. The quantitative estimate of drug-likeness (QED) is 0.0422. The molecule has 238 valence electrons. The number of aliphatic hydroxyl groups is 1. The van der Waals surface area contributed by atoms with E-state index in [9.17, 15) is 39.0 Å². The van der Waals surface area contributed by atoms with E-state index >= 15 is 0 Å². The number of nitrogens with two attached hydrogens (primary N) is 3. The molecule has 0 aliphatic carbocycles. The SMILES string of the molecule is NC(=O)CC(NC(=O)C(CCCN=C(N)N)NC(=O)C(CO)NC(=O)C(Cc1cnc[nH]1)NC(=O)C1CCCN1)C(=O)O. The van der Waals surface area contributed by atoms with Gasteiger partial charge in [-0.15, -0.1) is 0 Å². The van der Waals surface area contributed by atoms with E-state index in [0.29, 0.717) is 18.7 Å². The highest BCUT2D eigenvalue weighted by Crippen LogP contribution is 2.07. The van der Waals surface area contributed by atoms with Gasteiger partial charge in [-0.25, -0.2) is 9.78 Å². The molecule has 43 heavy (non-hydrogen) atoms. The minimum absolute atomic E-state index is 0.00365. The maximum atomic E-state index is 13.2. The standard InChI is InChI=1S/C24H39N11O8/c25-18(37)8-16(23(42)43)34-20(39)14(4-2-6-30-24(26)27)32-22(41)17(10-36)35-21(40)15(7-12-9-28-11-31-12)33-19(38)13-3-1-5-29-13/h9,11,13-17,29,36H,1-8,10H2,(H2,25,37)(H,28,31)(H,32,41)(H,33,38)(H,34,39)(H,35,40)(H,42,43)(H4,26,27,30). The maximum Gasteiger partial charge on any atom is 0.326 e. The molecule has 0 spiro atoms. The number of nitrogens with zero attached hydrogens (tertiary/aromatic N) is 2. The van der Waals surface area contributed by atoms with Crippen LogP contribution in [-0.4, -0.2) is 112 Å². The van der Waals surface area contributed by atoms with Crippen LogP contribution in [0.4, 0.5) is 0 Å². The van der Waals surface area contributed by atoms with E-state index in [4.69, 9.17) is 17.2 Å². The van der Waals surface area contributed by atoms with Crippen LogP contribution in [-0.2, 0) is 35.2 Å². The number of hydrogen-bond donors (Lipinski definition) is 11. The predicted molar refractivity (Wildman–Crippen MR) is 149 cm³/mol. The van der Waals surface area contributed by atoms with Crippen molar-refractivity contribution < 1.29 is 39.0 Å². The molecule has 1 fully saturated rings. The number of primary amides is 1. The fourth-order valence-corrected chi connectivity index (χ4v) is 4.19. The fraction of sp³-hybridized carbons (Fsp3) is 0.583. The second-order valence-corrected chi connectivity index (χ2v) is 9.81. The first-order chi connectivity index (χ1) is 20.4. The van der Waals surface area contributed by atoms with Crippen LogP contribution in [0.1, 0.15) is 37.8 Å². The van der Waals surface area contributed by atoms with Crippen molar-refractivity contribution in [2.75, 3.05) is 19.7 Å². The van der Waals surface area contributed by atoms with Crippen molar-refractivity contribution in [1.82, 2.24) is 36.6 Å². The summed E-state index contributed by atoms with van der Waals surface area (Å²) in [5.74, 6) is -5.88. The van der Waals surface area contributed by atoms with Gasteiger partial charge in [0, 0.05) is 24.9 Å². The van der Waals surface area contributed by atoms with Gasteiger partial charge in [0.15, 0.2) is 5.96 Å². The van der Waals surface area contributed by atoms with Crippen LogP contribution in [0, 0.1) is 0 Å². The summed E-state index contributed by atoms with van der Waals surface area (Å²) >= 11 is 0. The lowest BCUT2D eigenvalue weighted by molar-refractivity contribution is -0.143. The van der Waals surface area contributed by atoms with Crippen LogP contribution in [0.5, 0.6) is 0 Å². The summed E-state index contributed by atoms with van der Waals surface area (Å²) in [7, 11) is 0. The molecule has 14 N–H and O–H groups in total. The molecule has 0 bridgehead atoms. The third-order valence-electron chi connectivity index (χ3n) is 6.40. The number of carbonyl (C=O) groups excluding carboxylic acids is 5. The largest absolute Gasteiger partial charge is 0.480 e. The number of H-pyrrole nitrogens is 1. The van der Waals surface area contributed by atoms with Gasteiger partial charge in [0.05, 0.1) is 25.4 Å². The van der Waals surface area contributed by atoms with Crippen molar-refractivity contribution in [2.45, 2.75) is 68.7 Å². The van der Waals surface area contributed by atoms with E-state index < -0.39 is 78.7 Å². The Labute approximate surface area is 246 Å². The Morgan fingerprint density at radius 1 is 0.977 bits per heavy atom. The molecule has 1 aliphatic heterocycles. The third-order valence-corrected chi connectivity index (χ3v) is 6.40. The van der Waals surface area contributed by atoms with Gasteiger partial charge in [0.2, 0.25) is 29.5 Å². The van der Waals surface area contributed by atoms with E-state index in [1.165, 1.54) is 12.5 Å². The fourth-order valence-electron chi connectivity index (χ4n) is 4.19. The molecule has 0 saturated carbocycles. The average Bonchev–Trinajstić information content (AvgIpc) is 3.66. The van der Waals surface area contributed by atoms with Crippen molar-refractivity contribution in [3.8, 4) is 0 Å². The smallest absolute Gasteiger partial charge is 0.326 e. The van der Waals surface area contributed by atoms with Gasteiger partial charge in [0.25, 0.3) is 0 Å². The summed E-state index contributed by atoms with van der Waals surface area (Å²) in [5, 5.41) is 31.8. The topological polar surface area (TPSA) is 322 Å². The zero-order chi connectivity index (χ0) is 31.9. The zero-order valence-corrected chi connectivity index (χ0v) is 23.4. The molecule has 5 unspecified atom stereocenters. The van der Waals surface area contributed by atoms with Gasteiger partial charge in [-0.1, -0.05) is 0 Å². The van der Waals surface area contributed by atoms with Gasteiger partial charge >= 0.3 is 5.97 Å². The van der Waals surface area contributed by atoms with Crippen molar-refractivity contribution in [3.05, 3.63) is 18.2 Å². The highest BCUT2D eigenvalue weighted by Gasteiger charge is 2.33. The van der Waals surface area contributed by atoms with Crippen molar-refractivity contribution in [2.24, 2.45) is 22.2 Å². The second-order valence-electron chi connectivity index (χ2n) is 9.81. The molecular formula is C24H39N11O8. The van der Waals surface area contributed by atoms with Crippen molar-refractivity contribution in [1.29, 1.82) is 0 Å². The number of guanidine groups is 1. The summed E-state index contributed by atoms with van der Waals surface area (Å²) in [6.45, 7) is -0.163. The number of carboxylic acid groups (broad SMARTS) is 1. The van der Waals surface area contributed by atoms with E-state index in [1.54, 1.807) is 0 Å². The number of aliphatic carboxylic acids is 1. The van der Waals surface area contributed by atoms with E-state index in [-0.39, 0.29) is 31.8 Å². The number of carboxylic acids is 1. The molecule has 2 heterocycles. The second kappa shape index (κ2) is 17.2. The van der Waals surface area contributed by atoms with E-state index in [1.807, 2.05) is 0 Å². The summed E-state index contributed by atoms with van der Waals surface area (Å²) in [5.41, 5.74) is 16.2. The van der Waals surface area contributed by atoms with Gasteiger partial charge in [-0.05, 0) is 32.2 Å². The maximum absolute atomic E-state index is 13.2. The van der Waals surface area contributed by atoms with Crippen molar-refractivity contribution >= 4 is 41.5 Å². The highest BCUT2D eigenvalue weighted by molar-refractivity contribution is 5.96. The van der Waals surface area contributed by atoms with Gasteiger partial charge in [-0.3, -0.25) is 29.0 Å². The molecule has 0 aromatic carbocycles. The number of nitrogens with one attached hydrogen (secondary N) is 6. The molecule has 1 aromatic rings. The Hall–Kier alpha value is -4.78. The van der Waals surface area contributed by atoms with Crippen LogP contribution < -0.4 is 43.8 Å². The molecule has 1 saturated heterocycles. The number of carbonyl (C=O) groups is 6. The first kappa shape index (κ1) is 34.4. The van der Waals surface area contributed by atoms with Crippen LogP contribution in [0.25, 0.3) is 0 Å². The van der Waals surface area contributed by atoms with E-state index in [2.05, 4.69) is 41.5 Å². The minimum Gasteiger partial charge on any atom is -0.480 e. The Morgan fingerprint density at radius 2 is 1.63 bits per heavy atom. The molecule has 2 rings (SSSR count). The van der Waals surface area contributed by atoms with Crippen LogP contribution in [0.2, 0.25) is 0 Å². The highest BCUT2D eigenvalue weighted by atomic mass is 16.4. The van der Waals surface area contributed by atoms with Crippen LogP contribution >= 0.6 is 0 Å². The van der Waals surface area contributed by atoms with Gasteiger partial charge in [-0.2, -0.15) is 0 Å². The van der Waals surface area contributed by atoms with Gasteiger partial charge in [0.1, 0.15) is 24.2 Å².